The highest BCUT2D eigenvalue weighted by Gasteiger charge is 2.28. The molecule has 3 N–H and O–H groups in total. The molecule has 0 spiro atoms. The third kappa shape index (κ3) is 3.24. The van der Waals surface area contributed by atoms with Crippen molar-refractivity contribution < 1.29 is 19.4 Å². The molecule has 2 atom stereocenters. The van der Waals surface area contributed by atoms with Crippen molar-refractivity contribution in [2.75, 3.05) is 12.4 Å². The SMILES string of the molecule is COC1CCCC1NC(=O)Nc1sccc1C(=O)O. The largest absolute Gasteiger partial charge is 0.478 e. The predicted molar refractivity (Wildman–Crippen MR) is 71.9 cm³/mol. The Bertz CT molecular complexity index is 474. The number of thiophene rings is 1. The average molecular weight is 284 g/mol. The summed E-state index contributed by atoms with van der Waals surface area (Å²) in [6.07, 6.45) is 2.86. The van der Waals surface area contributed by atoms with Crippen LogP contribution >= 0.6 is 11.3 Å². The molecule has 2 rings (SSSR count). The molecule has 104 valence electrons. The Kier molecular flexibility index (Phi) is 4.39. The molecule has 0 aromatic carbocycles. The summed E-state index contributed by atoms with van der Waals surface area (Å²) < 4.78 is 5.29. The van der Waals surface area contributed by atoms with Gasteiger partial charge in [0.1, 0.15) is 5.00 Å². The second-order valence-electron chi connectivity index (χ2n) is 4.38. The molecule has 1 heterocycles. The summed E-state index contributed by atoms with van der Waals surface area (Å²) in [7, 11) is 1.63. The average Bonchev–Trinajstić information content (AvgIpc) is 2.97. The Morgan fingerprint density at radius 2 is 2.26 bits per heavy atom. The highest BCUT2D eigenvalue weighted by molar-refractivity contribution is 7.14. The van der Waals surface area contributed by atoms with Crippen LogP contribution in [0.5, 0.6) is 0 Å². The van der Waals surface area contributed by atoms with Gasteiger partial charge in [0.2, 0.25) is 0 Å². The van der Waals surface area contributed by atoms with Crippen LogP contribution in [0.3, 0.4) is 0 Å². The van der Waals surface area contributed by atoms with Crippen molar-refractivity contribution in [3.63, 3.8) is 0 Å². The minimum Gasteiger partial charge on any atom is -0.478 e. The van der Waals surface area contributed by atoms with Crippen LogP contribution in [-0.2, 0) is 4.74 Å². The Morgan fingerprint density at radius 3 is 2.95 bits per heavy atom. The van der Waals surface area contributed by atoms with E-state index in [4.69, 9.17) is 9.84 Å². The number of rotatable bonds is 4. The van der Waals surface area contributed by atoms with Crippen LogP contribution in [0.2, 0.25) is 0 Å². The van der Waals surface area contributed by atoms with Gasteiger partial charge in [-0.25, -0.2) is 9.59 Å². The fraction of sp³-hybridized carbons (Fsp3) is 0.500. The van der Waals surface area contributed by atoms with Crippen molar-refractivity contribution in [2.24, 2.45) is 0 Å². The zero-order chi connectivity index (χ0) is 13.8. The summed E-state index contributed by atoms with van der Waals surface area (Å²) in [5.74, 6) is -1.05. The topological polar surface area (TPSA) is 87.7 Å². The number of nitrogens with one attached hydrogen (secondary N) is 2. The lowest BCUT2D eigenvalue weighted by Gasteiger charge is -2.19. The molecule has 0 bridgehead atoms. The molecule has 1 aliphatic carbocycles. The number of carboxylic acid groups (broad SMARTS) is 1. The molecule has 1 aliphatic rings. The molecule has 1 aromatic rings. The number of hydrogen-bond donors (Lipinski definition) is 3. The first-order valence-electron chi connectivity index (χ1n) is 6.03. The first-order valence-corrected chi connectivity index (χ1v) is 6.91. The third-order valence-corrected chi connectivity index (χ3v) is 4.02. The molecular weight excluding hydrogens is 268 g/mol. The number of hydrogen-bond acceptors (Lipinski definition) is 4. The minimum atomic E-state index is -1.05. The smallest absolute Gasteiger partial charge is 0.338 e. The molecule has 19 heavy (non-hydrogen) atoms. The molecule has 7 heteroatoms. The number of urea groups is 1. The van der Waals surface area contributed by atoms with E-state index in [1.54, 1.807) is 12.5 Å². The summed E-state index contributed by atoms with van der Waals surface area (Å²) in [6, 6.07) is 1.06. The summed E-state index contributed by atoms with van der Waals surface area (Å²) in [6.45, 7) is 0. The monoisotopic (exact) mass is 284 g/mol. The van der Waals surface area contributed by atoms with Gasteiger partial charge in [-0.2, -0.15) is 0 Å². The van der Waals surface area contributed by atoms with Gasteiger partial charge in [0.05, 0.1) is 17.7 Å². The van der Waals surface area contributed by atoms with E-state index < -0.39 is 5.97 Å². The fourth-order valence-electron chi connectivity index (χ4n) is 2.26. The van der Waals surface area contributed by atoms with E-state index in [0.717, 1.165) is 19.3 Å². The van der Waals surface area contributed by atoms with Crippen molar-refractivity contribution in [3.05, 3.63) is 17.0 Å². The number of aromatic carboxylic acids is 1. The second kappa shape index (κ2) is 6.03. The maximum Gasteiger partial charge on any atom is 0.338 e. The molecule has 2 unspecified atom stereocenters. The minimum absolute atomic E-state index is 0.0155. The summed E-state index contributed by atoms with van der Waals surface area (Å²) in [5.41, 5.74) is 0.106. The lowest BCUT2D eigenvalue weighted by molar-refractivity contribution is 0.0698. The van der Waals surface area contributed by atoms with Crippen LogP contribution in [0.4, 0.5) is 9.80 Å². The number of anilines is 1. The molecule has 1 fully saturated rings. The van der Waals surface area contributed by atoms with Gasteiger partial charge >= 0.3 is 12.0 Å². The second-order valence-corrected chi connectivity index (χ2v) is 5.29. The number of carbonyl (C=O) groups excluding carboxylic acids is 1. The summed E-state index contributed by atoms with van der Waals surface area (Å²) in [4.78, 5) is 22.8. The van der Waals surface area contributed by atoms with Gasteiger partial charge in [-0.15, -0.1) is 11.3 Å². The molecule has 0 aliphatic heterocycles. The van der Waals surface area contributed by atoms with Crippen LogP contribution in [0, 0.1) is 0 Å². The van der Waals surface area contributed by atoms with E-state index in [-0.39, 0.29) is 23.7 Å². The Morgan fingerprint density at radius 1 is 1.47 bits per heavy atom. The van der Waals surface area contributed by atoms with Gasteiger partial charge in [0.15, 0.2) is 0 Å². The van der Waals surface area contributed by atoms with Crippen molar-refractivity contribution in [1.82, 2.24) is 5.32 Å². The summed E-state index contributed by atoms with van der Waals surface area (Å²) >= 11 is 1.19. The van der Waals surface area contributed by atoms with Gasteiger partial charge in [-0.1, -0.05) is 0 Å². The van der Waals surface area contributed by atoms with Crippen LogP contribution in [0.25, 0.3) is 0 Å². The number of carbonyl (C=O) groups is 2. The summed E-state index contributed by atoms with van der Waals surface area (Å²) in [5, 5.41) is 16.3. The van der Waals surface area contributed by atoms with E-state index in [1.807, 2.05) is 0 Å². The number of amides is 2. The van der Waals surface area contributed by atoms with E-state index in [2.05, 4.69) is 10.6 Å². The Labute approximate surface area is 114 Å². The fourth-order valence-corrected chi connectivity index (χ4v) is 3.03. The van der Waals surface area contributed by atoms with Crippen LogP contribution in [0.15, 0.2) is 11.4 Å². The van der Waals surface area contributed by atoms with Crippen molar-refractivity contribution in [1.29, 1.82) is 0 Å². The lowest BCUT2D eigenvalue weighted by Crippen LogP contribution is -2.42. The predicted octanol–water partition coefficient (Wildman–Crippen LogP) is 2.14. The van der Waals surface area contributed by atoms with Gasteiger partial charge in [-0.05, 0) is 30.7 Å². The first kappa shape index (κ1) is 13.8. The van der Waals surface area contributed by atoms with E-state index in [0.29, 0.717) is 5.00 Å². The van der Waals surface area contributed by atoms with Crippen LogP contribution in [-0.4, -0.2) is 36.4 Å². The lowest BCUT2D eigenvalue weighted by atomic mass is 10.2. The quantitative estimate of drug-likeness (QED) is 0.790. The van der Waals surface area contributed by atoms with Gasteiger partial charge in [0, 0.05) is 7.11 Å². The van der Waals surface area contributed by atoms with Crippen LogP contribution in [0.1, 0.15) is 29.6 Å². The van der Waals surface area contributed by atoms with E-state index >= 15 is 0 Å². The zero-order valence-electron chi connectivity index (χ0n) is 10.5. The maximum atomic E-state index is 11.8. The van der Waals surface area contributed by atoms with E-state index in [9.17, 15) is 9.59 Å². The molecular formula is C12H16N2O4S. The zero-order valence-corrected chi connectivity index (χ0v) is 11.3. The molecule has 6 nitrogen and oxygen atoms in total. The Balaban J connectivity index is 1.94. The Hall–Kier alpha value is -1.60. The molecule has 0 saturated heterocycles. The van der Waals surface area contributed by atoms with Gasteiger partial charge in [0.25, 0.3) is 0 Å². The van der Waals surface area contributed by atoms with Gasteiger partial charge < -0.3 is 15.2 Å². The maximum absolute atomic E-state index is 11.8. The van der Waals surface area contributed by atoms with Gasteiger partial charge in [-0.3, -0.25) is 5.32 Å². The standard InChI is InChI=1S/C12H16N2O4S/c1-18-9-4-2-3-8(9)13-12(17)14-10-7(11(15)16)5-6-19-10/h5-6,8-9H,2-4H2,1H3,(H,15,16)(H2,13,14,17). The van der Waals surface area contributed by atoms with Crippen molar-refractivity contribution in [2.45, 2.75) is 31.4 Å². The van der Waals surface area contributed by atoms with Crippen molar-refractivity contribution >= 4 is 28.3 Å². The normalized spacial score (nSPS) is 22.2. The first-order chi connectivity index (χ1) is 9.11. The number of ether oxygens (including phenoxy) is 1. The number of carboxylic acids is 1. The van der Waals surface area contributed by atoms with Crippen molar-refractivity contribution in [3.8, 4) is 0 Å². The highest BCUT2D eigenvalue weighted by atomic mass is 32.1. The molecule has 2 amide bonds. The number of methoxy groups -OCH3 is 1. The molecule has 1 aromatic heterocycles. The van der Waals surface area contributed by atoms with E-state index in [1.165, 1.54) is 17.4 Å². The molecule has 0 radical (unpaired) electrons. The van der Waals surface area contributed by atoms with Crippen LogP contribution < -0.4 is 10.6 Å². The third-order valence-electron chi connectivity index (χ3n) is 3.19. The molecule has 1 saturated carbocycles. The highest BCUT2D eigenvalue weighted by Crippen LogP contribution is 2.24.